The maximum Gasteiger partial charge on any atom is 0.260 e. The molecule has 2 fully saturated rings. The Labute approximate surface area is 157 Å². The molecule has 1 amide bonds. The van der Waals surface area contributed by atoms with Crippen LogP contribution in [0.1, 0.15) is 36.9 Å². The highest BCUT2D eigenvalue weighted by molar-refractivity contribution is 5.84. The van der Waals surface area contributed by atoms with Gasteiger partial charge in [0.05, 0.1) is 11.7 Å². The van der Waals surface area contributed by atoms with Gasteiger partial charge in [-0.2, -0.15) is 0 Å². The van der Waals surface area contributed by atoms with Crippen molar-refractivity contribution < 1.29 is 9.53 Å². The minimum Gasteiger partial charge on any atom is -0.484 e. The van der Waals surface area contributed by atoms with E-state index in [9.17, 15) is 4.79 Å². The monoisotopic (exact) mass is 362 g/mol. The molecule has 27 heavy (non-hydrogen) atoms. The number of fused-ring (bicyclic) bond motifs is 1. The molecule has 0 N–H and O–H groups in total. The Balaban J connectivity index is 1.18. The highest BCUT2D eigenvalue weighted by Crippen LogP contribution is 2.39. The Morgan fingerprint density at radius 1 is 1.11 bits per heavy atom. The van der Waals surface area contributed by atoms with Crippen LogP contribution in [0, 0.1) is 0 Å². The normalized spacial score (nSPS) is 19.6. The molecule has 0 spiro atoms. The van der Waals surface area contributed by atoms with E-state index in [2.05, 4.69) is 22.6 Å². The van der Waals surface area contributed by atoms with Crippen molar-refractivity contribution in [2.45, 2.75) is 31.2 Å². The Bertz CT molecular complexity index is 979. The van der Waals surface area contributed by atoms with Gasteiger partial charge < -0.3 is 9.64 Å². The minimum absolute atomic E-state index is 0.0215. The molecule has 3 aromatic rings. The number of rotatable bonds is 5. The highest BCUT2D eigenvalue weighted by atomic mass is 16.5. The second kappa shape index (κ2) is 6.68. The van der Waals surface area contributed by atoms with Crippen molar-refractivity contribution in [1.82, 2.24) is 19.9 Å². The van der Waals surface area contributed by atoms with Gasteiger partial charge in [-0.3, -0.25) is 4.79 Å². The van der Waals surface area contributed by atoms with Crippen LogP contribution in [0.2, 0.25) is 0 Å². The number of likely N-dealkylation sites (tertiary alicyclic amines) is 1. The van der Waals surface area contributed by atoms with E-state index < -0.39 is 0 Å². The number of hydrogen-bond donors (Lipinski definition) is 0. The van der Waals surface area contributed by atoms with Crippen LogP contribution < -0.4 is 4.74 Å². The van der Waals surface area contributed by atoms with E-state index in [1.807, 2.05) is 46.0 Å². The van der Waals surface area contributed by atoms with Gasteiger partial charge in [-0.15, -0.1) is 5.10 Å². The fraction of sp³-hybridized carbons (Fsp3) is 0.381. The van der Waals surface area contributed by atoms with Crippen LogP contribution in [0.5, 0.6) is 5.75 Å². The van der Waals surface area contributed by atoms with E-state index in [0.717, 1.165) is 35.2 Å². The van der Waals surface area contributed by atoms with Crippen molar-refractivity contribution in [3.05, 3.63) is 54.4 Å². The SMILES string of the molecule is O=C(COc1ccc2ccccc2c1)N1CCC(n2cc(C3CC3)nn2)C1. The van der Waals surface area contributed by atoms with Crippen LogP contribution in [-0.4, -0.2) is 45.5 Å². The molecule has 1 saturated carbocycles. The first-order valence-corrected chi connectivity index (χ1v) is 9.57. The summed E-state index contributed by atoms with van der Waals surface area (Å²) in [5.74, 6) is 1.35. The third-order valence-corrected chi connectivity index (χ3v) is 5.50. The van der Waals surface area contributed by atoms with E-state index in [4.69, 9.17) is 4.74 Å². The molecule has 1 aromatic heterocycles. The smallest absolute Gasteiger partial charge is 0.260 e. The lowest BCUT2D eigenvalue weighted by Crippen LogP contribution is -2.33. The van der Waals surface area contributed by atoms with Crippen molar-refractivity contribution in [3.8, 4) is 5.75 Å². The van der Waals surface area contributed by atoms with Gasteiger partial charge in [-0.05, 0) is 42.2 Å². The number of ether oxygens (including phenoxy) is 1. The van der Waals surface area contributed by atoms with Crippen LogP contribution in [0.3, 0.4) is 0 Å². The highest BCUT2D eigenvalue weighted by Gasteiger charge is 2.31. The molecule has 1 aliphatic carbocycles. The first-order valence-electron chi connectivity index (χ1n) is 9.57. The molecule has 6 heteroatoms. The summed E-state index contributed by atoms with van der Waals surface area (Å²) in [5.41, 5.74) is 1.10. The topological polar surface area (TPSA) is 60.2 Å². The zero-order valence-electron chi connectivity index (χ0n) is 15.1. The fourth-order valence-electron chi connectivity index (χ4n) is 3.71. The van der Waals surface area contributed by atoms with Crippen molar-refractivity contribution in [2.75, 3.05) is 19.7 Å². The average molecular weight is 362 g/mol. The summed E-state index contributed by atoms with van der Waals surface area (Å²) in [4.78, 5) is 14.4. The number of carbonyl (C=O) groups excluding carboxylic acids is 1. The Morgan fingerprint density at radius 2 is 1.96 bits per heavy atom. The molecule has 1 aliphatic heterocycles. The fourth-order valence-corrected chi connectivity index (χ4v) is 3.71. The lowest BCUT2D eigenvalue weighted by Gasteiger charge is -2.17. The lowest BCUT2D eigenvalue weighted by molar-refractivity contribution is -0.132. The molecular weight excluding hydrogens is 340 g/mol. The predicted molar refractivity (Wildman–Crippen MR) is 102 cm³/mol. The average Bonchev–Trinajstić information content (AvgIpc) is 3.23. The van der Waals surface area contributed by atoms with Gasteiger partial charge in [0.25, 0.3) is 5.91 Å². The third-order valence-electron chi connectivity index (χ3n) is 5.50. The van der Waals surface area contributed by atoms with E-state index in [1.54, 1.807) is 0 Å². The second-order valence-electron chi connectivity index (χ2n) is 7.48. The number of nitrogens with zero attached hydrogens (tertiary/aromatic N) is 4. The first-order chi connectivity index (χ1) is 13.3. The van der Waals surface area contributed by atoms with Crippen molar-refractivity contribution in [1.29, 1.82) is 0 Å². The number of benzene rings is 2. The van der Waals surface area contributed by atoms with E-state index in [-0.39, 0.29) is 18.6 Å². The Morgan fingerprint density at radius 3 is 2.81 bits per heavy atom. The number of amides is 1. The van der Waals surface area contributed by atoms with E-state index in [0.29, 0.717) is 12.5 Å². The van der Waals surface area contributed by atoms with Crippen LogP contribution >= 0.6 is 0 Å². The number of hydrogen-bond acceptors (Lipinski definition) is 4. The summed E-state index contributed by atoms with van der Waals surface area (Å²) >= 11 is 0. The minimum atomic E-state index is 0.0215. The van der Waals surface area contributed by atoms with Gasteiger partial charge in [0.2, 0.25) is 0 Å². The number of carbonyl (C=O) groups is 1. The Kier molecular flexibility index (Phi) is 4.03. The van der Waals surface area contributed by atoms with Crippen molar-refractivity contribution in [2.24, 2.45) is 0 Å². The summed E-state index contributed by atoms with van der Waals surface area (Å²) in [6.45, 7) is 1.48. The van der Waals surface area contributed by atoms with Gasteiger partial charge in [-0.25, -0.2) is 4.68 Å². The summed E-state index contributed by atoms with van der Waals surface area (Å²) in [5, 5.41) is 10.8. The standard InChI is InChI=1S/C21H22N4O2/c26-21(14-27-19-8-7-15-3-1-2-4-17(15)11-19)24-10-9-18(12-24)25-13-20(22-23-25)16-5-6-16/h1-4,7-8,11,13,16,18H,5-6,9-10,12,14H2. The first kappa shape index (κ1) is 16.3. The molecule has 2 heterocycles. The maximum absolute atomic E-state index is 12.5. The van der Waals surface area contributed by atoms with Crippen LogP contribution in [0.4, 0.5) is 0 Å². The molecule has 6 nitrogen and oxygen atoms in total. The molecule has 1 saturated heterocycles. The summed E-state index contributed by atoms with van der Waals surface area (Å²) in [6.07, 6.45) is 5.41. The summed E-state index contributed by atoms with van der Waals surface area (Å²) < 4.78 is 7.68. The van der Waals surface area contributed by atoms with E-state index in [1.165, 1.54) is 12.8 Å². The molecule has 0 bridgehead atoms. The molecule has 138 valence electrons. The molecule has 1 unspecified atom stereocenters. The molecule has 2 aromatic carbocycles. The zero-order chi connectivity index (χ0) is 18.2. The largest absolute Gasteiger partial charge is 0.484 e. The van der Waals surface area contributed by atoms with Crippen molar-refractivity contribution >= 4 is 16.7 Å². The second-order valence-corrected chi connectivity index (χ2v) is 7.48. The number of aromatic nitrogens is 3. The van der Waals surface area contributed by atoms with Gasteiger partial charge in [0.1, 0.15) is 5.75 Å². The molecule has 5 rings (SSSR count). The summed E-state index contributed by atoms with van der Waals surface area (Å²) in [7, 11) is 0. The summed E-state index contributed by atoms with van der Waals surface area (Å²) in [6, 6.07) is 14.2. The van der Waals surface area contributed by atoms with Crippen LogP contribution in [0.15, 0.2) is 48.7 Å². The van der Waals surface area contributed by atoms with Gasteiger partial charge >= 0.3 is 0 Å². The lowest BCUT2D eigenvalue weighted by atomic mass is 10.1. The van der Waals surface area contributed by atoms with Crippen LogP contribution in [0.25, 0.3) is 10.8 Å². The van der Waals surface area contributed by atoms with E-state index >= 15 is 0 Å². The van der Waals surface area contributed by atoms with Gasteiger partial charge in [0, 0.05) is 25.2 Å². The van der Waals surface area contributed by atoms with Crippen LogP contribution in [-0.2, 0) is 4.79 Å². The van der Waals surface area contributed by atoms with Gasteiger partial charge in [0.15, 0.2) is 6.61 Å². The molecule has 0 radical (unpaired) electrons. The third kappa shape index (κ3) is 3.39. The molecule has 2 aliphatic rings. The Hall–Kier alpha value is -2.89. The quantitative estimate of drug-likeness (QED) is 0.699. The van der Waals surface area contributed by atoms with Gasteiger partial charge in [-0.1, -0.05) is 35.5 Å². The zero-order valence-corrected chi connectivity index (χ0v) is 15.1. The molecular formula is C21H22N4O2. The predicted octanol–water partition coefficient (Wildman–Crippen LogP) is 3.16. The molecule has 1 atom stereocenters. The maximum atomic E-state index is 12.5. The van der Waals surface area contributed by atoms with Crippen molar-refractivity contribution in [3.63, 3.8) is 0 Å².